The van der Waals surface area contributed by atoms with Crippen LogP contribution in [0, 0.1) is 4.77 Å². The lowest BCUT2D eigenvalue weighted by molar-refractivity contribution is -0.121. The van der Waals surface area contributed by atoms with Crippen molar-refractivity contribution in [1.29, 1.82) is 0 Å². The van der Waals surface area contributed by atoms with Crippen molar-refractivity contribution in [2.45, 2.75) is 19.6 Å². The Kier molecular flexibility index (Phi) is 6.18. The van der Waals surface area contributed by atoms with Crippen molar-refractivity contribution in [3.63, 3.8) is 0 Å². The van der Waals surface area contributed by atoms with E-state index < -0.39 is 0 Å². The number of H-pyrrole nitrogens is 1. The van der Waals surface area contributed by atoms with Crippen LogP contribution in [0.1, 0.15) is 11.1 Å². The van der Waals surface area contributed by atoms with E-state index in [-0.39, 0.29) is 12.5 Å². The summed E-state index contributed by atoms with van der Waals surface area (Å²) in [6, 6.07) is 15.4. The molecular formula is C21H21N7O2S. The van der Waals surface area contributed by atoms with Gasteiger partial charge >= 0.3 is 0 Å². The van der Waals surface area contributed by atoms with Crippen LogP contribution < -0.4 is 10.1 Å². The standard InChI is InChI=1S/C21H21N7O2S/c1-30-18-8-6-17(7-9-18)20-25-26-21(31)28(20)12-19(29)23-10-15-2-4-16(5-3-15)11-27-14-22-13-24-27/h2-9,13-14H,10-12H2,1H3,(H,23,29)(H,26,31). The molecule has 9 nitrogen and oxygen atoms in total. The molecule has 0 saturated carbocycles. The SMILES string of the molecule is COc1ccc(-c2n[nH]c(=S)n2CC(=O)NCc2ccc(Cn3cncn3)cc2)cc1. The first kappa shape index (κ1) is 20.5. The Morgan fingerprint density at radius 2 is 1.87 bits per heavy atom. The fourth-order valence-corrected chi connectivity index (χ4v) is 3.29. The molecule has 1 amide bonds. The van der Waals surface area contributed by atoms with Crippen LogP contribution in [-0.4, -0.2) is 42.5 Å². The van der Waals surface area contributed by atoms with E-state index in [1.165, 1.54) is 6.33 Å². The molecule has 0 spiro atoms. The number of rotatable bonds is 8. The number of nitrogens with one attached hydrogen (secondary N) is 2. The highest BCUT2D eigenvalue weighted by molar-refractivity contribution is 7.71. The van der Waals surface area contributed by atoms with E-state index in [4.69, 9.17) is 17.0 Å². The first-order valence-corrected chi connectivity index (χ1v) is 10.00. The van der Waals surface area contributed by atoms with Crippen LogP contribution in [0.15, 0.2) is 61.2 Å². The summed E-state index contributed by atoms with van der Waals surface area (Å²) in [5.74, 6) is 1.19. The van der Waals surface area contributed by atoms with E-state index in [0.29, 0.717) is 23.7 Å². The highest BCUT2D eigenvalue weighted by Crippen LogP contribution is 2.20. The second-order valence-corrected chi connectivity index (χ2v) is 7.24. The highest BCUT2D eigenvalue weighted by Gasteiger charge is 2.12. The number of carbonyl (C=O) groups is 1. The molecule has 2 aromatic carbocycles. The molecule has 0 atom stereocenters. The van der Waals surface area contributed by atoms with E-state index in [9.17, 15) is 4.79 Å². The molecule has 0 radical (unpaired) electrons. The molecular weight excluding hydrogens is 414 g/mol. The fraction of sp³-hybridized carbons (Fsp3) is 0.190. The Labute approximate surface area is 183 Å². The van der Waals surface area contributed by atoms with Crippen LogP contribution >= 0.6 is 12.2 Å². The Hall–Kier alpha value is -3.79. The third kappa shape index (κ3) is 5.04. The van der Waals surface area contributed by atoms with E-state index in [1.807, 2.05) is 48.5 Å². The molecule has 2 aromatic heterocycles. The molecule has 0 fully saturated rings. The second kappa shape index (κ2) is 9.35. The quantitative estimate of drug-likeness (QED) is 0.413. The Morgan fingerprint density at radius 1 is 1.13 bits per heavy atom. The molecule has 0 aliphatic heterocycles. The monoisotopic (exact) mass is 435 g/mol. The summed E-state index contributed by atoms with van der Waals surface area (Å²) in [7, 11) is 1.61. The molecule has 0 unspecified atom stereocenters. The summed E-state index contributed by atoms with van der Waals surface area (Å²) in [4.78, 5) is 16.5. The van der Waals surface area contributed by atoms with Gasteiger partial charge in [-0.2, -0.15) is 10.2 Å². The topological polar surface area (TPSA) is 103 Å². The van der Waals surface area contributed by atoms with Crippen LogP contribution in [-0.2, 0) is 24.4 Å². The molecule has 0 aliphatic rings. The molecule has 2 N–H and O–H groups in total. The van der Waals surface area contributed by atoms with E-state index >= 15 is 0 Å². The van der Waals surface area contributed by atoms with Gasteiger partial charge in [-0.25, -0.2) is 9.67 Å². The number of carbonyl (C=O) groups excluding carboxylic acids is 1. The van der Waals surface area contributed by atoms with Crippen LogP contribution in [0.25, 0.3) is 11.4 Å². The summed E-state index contributed by atoms with van der Waals surface area (Å²) < 4.78 is 9.00. The molecule has 2 heterocycles. The van der Waals surface area contributed by atoms with Crippen LogP contribution in [0.3, 0.4) is 0 Å². The maximum atomic E-state index is 12.5. The van der Waals surface area contributed by atoms with Crippen molar-refractivity contribution >= 4 is 18.1 Å². The first-order valence-electron chi connectivity index (χ1n) is 9.59. The van der Waals surface area contributed by atoms with Gasteiger partial charge in [0.05, 0.1) is 13.7 Å². The minimum atomic E-state index is -0.154. The van der Waals surface area contributed by atoms with Crippen LogP contribution in [0.5, 0.6) is 5.75 Å². The lowest BCUT2D eigenvalue weighted by Crippen LogP contribution is -2.27. The third-order valence-electron chi connectivity index (χ3n) is 4.73. The zero-order valence-electron chi connectivity index (χ0n) is 16.9. The Bertz CT molecular complexity index is 1200. The minimum Gasteiger partial charge on any atom is -0.497 e. The zero-order chi connectivity index (χ0) is 21.6. The van der Waals surface area contributed by atoms with Gasteiger partial charge in [0.1, 0.15) is 24.9 Å². The van der Waals surface area contributed by atoms with E-state index in [2.05, 4.69) is 25.6 Å². The summed E-state index contributed by atoms with van der Waals surface area (Å²) >= 11 is 5.31. The number of ether oxygens (including phenoxy) is 1. The maximum Gasteiger partial charge on any atom is 0.240 e. The maximum absolute atomic E-state index is 12.5. The lowest BCUT2D eigenvalue weighted by Gasteiger charge is -2.09. The molecule has 0 bridgehead atoms. The molecule has 10 heteroatoms. The number of nitrogens with zero attached hydrogens (tertiary/aromatic N) is 5. The van der Waals surface area contributed by atoms with Gasteiger partial charge in [-0.05, 0) is 47.6 Å². The Morgan fingerprint density at radius 3 is 2.55 bits per heavy atom. The van der Waals surface area contributed by atoms with Gasteiger partial charge in [0.25, 0.3) is 0 Å². The predicted molar refractivity (Wildman–Crippen MR) is 117 cm³/mol. The largest absolute Gasteiger partial charge is 0.497 e. The van der Waals surface area contributed by atoms with Crippen molar-refractivity contribution in [1.82, 2.24) is 34.8 Å². The van der Waals surface area contributed by atoms with Crippen LogP contribution in [0.4, 0.5) is 0 Å². The molecule has 4 aromatic rings. The van der Waals surface area contributed by atoms with Crippen molar-refractivity contribution in [3.05, 3.63) is 77.1 Å². The highest BCUT2D eigenvalue weighted by atomic mass is 32.1. The Balaban J connectivity index is 1.37. The number of aromatic nitrogens is 6. The van der Waals surface area contributed by atoms with Crippen molar-refractivity contribution in [2.24, 2.45) is 0 Å². The van der Waals surface area contributed by atoms with Gasteiger partial charge in [-0.3, -0.25) is 14.5 Å². The van der Waals surface area contributed by atoms with Gasteiger partial charge in [0, 0.05) is 12.1 Å². The van der Waals surface area contributed by atoms with Gasteiger partial charge in [0.15, 0.2) is 10.6 Å². The first-order chi connectivity index (χ1) is 15.1. The molecule has 0 aliphatic carbocycles. The summed E-state index contributed by atoms with van der Waals surface area (Å²) in [6.45, 7) is 1.14. The minimum absolute atomic E-state index is 0.0705. The van der Waals surface area contributed by atoms with Gasteiger partial charge in [0.2, 0.25) is 5.91 Å². The average molecular weight is 436 g/mol. The lowest BCUT2D eigenvalue weighted by atomic mass is 10.1. The summed E-state index contributed by atoms with van der Waals surface area (Å²) in [6.07, 6.45) is 3.19. The van der Waals surface area contributed by atoms with Gasteiger partial charge < -0.3 is 10.1 Å². The van der Waals surface area contributed by atoms with Gasteiger partial charge in [-0.1, -0.05) is 24.3 Å². The smallest absolute Gasteiger partial charge is 0.240 e. The third-order valence-corrected chi connectivity index (χ3v) is 5.04. The summed E-state index contributed by atoms with van der Waals surface area (Å²) in [5.41, 5.74) is 2.94. The molecule has 158 valence electrons. The molecule has 4 rings (SSSR count). The predicted octanol–water partition coefficient (Wildman–Crippen LogP) is 2.57. The fourth-order valence-electron chi connectivity index (χ4n) is 3.09. The number of hydrogen-bond acceptors (Lipinski definition) is 6. The zero-order valence-corrected chi connectivity index (χ0v) is 17.7. The van der Waals surface area contributed by atoms with Crippen molar-refractivity contribution in [3.8, 4) is 17.1 Å². The van der Waals surface area contributed by atoms with E-state index in [0.717, 1.165) is 22.4 Å². The summed E-state index contributed by atoms with van der Waals surface area (Å²) in [5, 5.41) is 14.1. The second-order valence-electron chi connectivity index (χ2n) is 6.85. The van der Waals surface area contributed by atoms with E-state index in [1.54, 1.807) is 22.7 Å². The normalized spacial score (nSPS) is 10.7. The van der Waals surface area contributed by atoms with Gasteiger partial charge in [-0.15, -0.1) is 0 Å². The molecule has 31 heavy (non-hydrogen) atoms. The average Bonchev–Trinajstić information content (AvgIpc) is 3.43. The number of aromatic amines is 1. The van der Waals surface area contributed by atoms with Crippen molar-refractivity contribution in [2.75, 3.05) is 7.11 Å². The number of benzene rings is 2. The number of hydrogen-bond donors (Lipinski definition) is 2. The van der Waals surface area contributed by atoms with Crippen molar-refractivity contribution < 1.29 is 9.53 Å². The number of methoxy groups -OCH3 is 1. The number of amides is 1. The van der Waals surface area contributed by atoms with Crippen LogP contribution in [0.2, 0.25) is 0 Å². The molecule has 0 saturated heterocycles.